The van der Waals surface area contributed by atoms with Crippen molar-refractivity contribution >= 4 is 0 Å². The van der Waals surface area contributed by atoms with Crippen LogP contribution in [-0.4, -0.2) is 22.4 Å². The van der Waals surface area contributed by atoms with Crippen LogP contribution in [0.25, 0.3) is 0 Å². The van der Waals surface area contributed by atoms with E-state index in [0.717, 1.165) is 23.0 Å². The molecule has 0 saturated heterocycles. The van der Waals surface area contributed by atoms with Gasteiger partial charge in [-0.2, -0.15) is 0 Å². The minimum atomic E-state index is -0.892. The number of ether oxygens (including phenoxy) is 1. The van der Waals surface area contributed by atoms with Crippen LogP contribution in [0.15, 0.2) is 59.8 Å². The number of aliphatic hydroxyl groups is 2. The Morgan fingerprint density at radius 1 is 1.12 bits per heavy atom. The van der Waals surface area contributed by atoms with Gasteiger partial charge in [0, 0.05) is 12.8 Å². The molecule has 26 heavy (non-hydrogen) atoms. The van der Waals surface area contributed by atoms with E-state index in [-0.39, 0.29) is 6.42 Å². The maximum atomic E-state index is 13.3. The maximum absolute atomic E-state index is 13.3. The molecule has 0 saturated carbocycles. The molecule has 0 fully saturated rings. The van der Waals surface area contributed by atoms with Crippen LogP contribution in [-0.2, 0) is 0 Å². The molecular weight excluding hydrogens is 335 g/mol. The van der Waals surface area contributed by atoms with E-state index in [1.165, 1.54) is 12.1 Å². The molecular formula is C21H23FO4. The first-order chi connectivity index (χ1) is 12.4. The SMILES string of the molecule is COc1ccc([C@H](O)CC(C)=C=CC[C@@H](O)c2ccc(O)c(F)c2)cc1. The van der Waals surface area contributed by atoms with Crippen LogP contribution in [0.2, 0.25) is 0 Å². The molecule has 0 radical (unpaired) electrons. The molecule has 4 nitrogen and oxygen atoms in total. The standard InChI is InChI=1S/C21H23FO4/c1-14(12-21(25)15-6-9-17(26-2)10-7-15)4-3-5-19(23)16-8-11-20(24)18(22)13-16/h3,6-11,13,19,21,23-25H,5,12H2,1-2H3/t4?,19-,21-/m1/s1. The molecule has 0 amide bonds. The van der Waals surface area contributed by atoms with E-state index in [9.17, 15) is 19.7 Å². The van der Waals surface area contributed by atoms with Crippen molar-refractivity contribution in [2.45, 2.75) is 32.0 Å². The quantitative estimate of drug-likeness (QED) is 0.649. The van der Waals surface area contributed by atoms with E-state index in [1.54, 1.807) is 25.3 Å². The lowest BCUT2D eigenvalue weighted by atomic mass is 10.0. The van der Waals surface area contributed by atoms with E-state index in [0.29, 0.717) is 12.0 Å². The summed E-state index contributed by atoms with van der Waals surface area (Å²) in [5, 5.41) is 29.5. The molecule has 0 heterocycles. The number of aromatic hydroxyl groups is 1. The van der Waals surface area contributed by atoms with Crippen LogP contribution in [0, 0.1) is 5.82 Å². The van der Waals surface area contributed by atoms with Gasteiger partial charge in [0.05, 0.1) is 19.3 Å². The smallest absolute Gasteiger partial charge is 0.165 e. The van der Waals surface area contributed by atoms with Crippen molar-refractivity contribution in [3.63, 3.8) is 0 Å². The van der Waals surface area contributed by atoms with Gasteiger partial charge < -0.3 is 20.1 Å². The molecule has 0 aromatic heterocycles. The molecule has 3 N–H and O–H groups in total. The zero-order chi connectivity index (χ0) is 19.1. The van der Waals surface area contributed by atoms with Gasteiger partial charge in [-0.25, -0.2) is 4.39 Å². The second kappa shape index (κ2) is 9.20. The predicted molar refractivity (Wildman–Crippen MR) is 97.5 cm³/mol. The lowest BCUT2D eigenvalue weighted by Gasteiger charge is -2.11. The molecule has 0 unspecified atom stereocenters. The topological polar surface area (TPSA) is 69.9 Å². The highest BCUT2D eigenvalue weighted by molar-refractivity contribution is 5.30. The Balaban J connectivity index is 1.95. The van der Waals surface area contributed by atoms with E-state index in [4.69, 9.17) is 4.74 Å². The van der Waals surface area contributed by atoms with Crippen molar-refractivity contribution < 1.29 is 24.4 Å². The third kappa shape index (κ3) is 5.46. The number of methoxy groups -OCH3 is 1. The highest BCUT2D eigenvalue weighted by Crippen LogP contribution is 2.24. The number of hydrogen-bond donors (Lipinski definition) is 3. The third-order valence-corrected chi connectivity index (χ3v) is 4.05. The van der Waals surface area contributed by atoms with Gasteiger partial charge in [0.1, 0.15) is 5.75 Å². The van der Waals surface area contributed by atoms with Gasteiger partial charge in [-0.15, -0.1) is 5.73 Å². The minimum absolute atomic E-state index is 0.250. The Morgan fingerprint density at radius 3 is 2.38 bits per heavy atom. The van der Waals surface area contributed by atoms with E-state index in [2.05, 4.69) is 5.73 Å². The van der Waals surface area contributed by atoms with E-state index < -0.39 is 23.8 Å². The van der Waals surface area contributed by atoms with Gasteiger partial charge in [-0.1, -0.05) is 18.2 Å². The van der Waals surface area contributed by atoms with E-state index in [1.807, 2.05) is 19.1 Å². The highest BCUT2D eigenvalue weighted by Gasteiger charge is 2.10. The highest BCUT2D eigenvalue weighted by atomic mass is 19.1. The molecule has 0 aliphatic heterocycles. The second-order valence-corrected chi connectivity index (χ2v) is 6.08. The molecule has 0 aliphatic rings. The number of rotatable bonds is 7. The van der Waals surface area contributed by atoms with E-state index >= 15 is 0 Å². The van der Waals surface area contributed by atoms with Crippen molar-refractivity contribution in [2.75, 3.05) is 7.11 Å². The van der Waals surface area contributed by atoms with Crippen molar-refractivity contribution in [1.82, 2.24) is 0 Å². The van der Waals surface area contributed by atoms with Crippen LogP contribution < -0.4 is 4.74 Å². The number of phenols is 1. The van der Waals surface area contributed by atoms with Crippen LogP contribution in [0.4, 0.5) is 4.39 Å². The average molecular weight is 358 g/mol. The molecule has 0 spiro atoms. The Bertz CT molecular complexity index is 792. The molecule has 2 atom stereocenters. The fourth-order valence-electron chi connectivity index (χ4n) is 2.50. The first kappa shape index (κ1) is 19.7. The molecule has 2 rings (SSSR count). The summed E-state index contributed by atoms with van der Waals surface area (Å²) in [6.45, 7) is 1.84. The Morgan fingerprint density at radius 2 is 1.77 bits per heavy atom. The molecule has 138 valence electrons. The van der Waals surface area contributed by atoms with Crippen molar-refractivity contribution in [1.29, 1.82) is 0 Å². The Kier molecular flexibility index (Phi) is 6.98. The second-order valence-electron chi connectivity index (χ2n) is 6.08. The number of benzene rings is 2. The van der Waals surface area contributed by atoms with Gasteiger partial charge in [-0.3, -0.25) is 0 Å². The summed E-state index contributed by atoms with van der Waals surface area (Å²) in [5.41, 5.74) is 5.03. The van der Waals surface area contributed by atoms with Crippen LogP contribution >= 0.6 is 0 Å². The van der Waals surface area contributed by atoms with Gasteiger partial charge in [0.15, 0.2) is 11.6 Å². The van der Waals surface area contributed by atoms with Crippen LogP contribution in [0.5, 0.6) is 11.5 Å². The van der Waals surface area contributed by atoms with Crippen molar-refractivity contribution in [2.24, 2.45) is 0 Å². The zero-order valence-electron chi connectivity index (χ0n) is 14.8. The average Bonchev–Trinajstić information content (AvgIpc) is 2.63. The summed E-state index contributed by atoms with van der Waals surface area (Å²) in [4.78, 5) is 0. The first-order valence-corrected chi connectivity index (χ1v) is 8.30. The molecule has 0 aliphatic carbocycles. The zero-order valence-corrected chi connectivity index (χ0v) is 14.8. The van der Waals surface area contributed by atoms with Crippen LogP contribution in [0.3, 0.4) is 0 Å². The fraction of sp³-hybridized carbons (Fsp3) is 0.286. The van der Waals surface area contributed by atoms with Gasteiger partial charge in [0.25, 0.3) is 0 Å². The minimum Gasteiger partial charge on any atom is -0.505 e. The Hall–Kier alpha value is -2.59. The summed E-state index contributed by atoms with van der Waals surface area (Å²) in [7, 11) is 1.59. The summed E-state index contributed by atoms with van der Waals surface area (Å²) in [6, 6.07) is 11.0. The van der Waals surface area contributed by atoms with Crippen molar-refractivity contribution in [3.8, 4) is 11.5 Å². The van der Waals surface area contributed by atoms with Gasteiger partial charge in [0.2, 0.25) is 0 Å². The largest absolute Gasteiger partial charge is 0.505 e. The summed E-state index contributed by atoms with van der Waals surface area (Å²) < 4.78 is 18.4. The fourth-order valence-corrected chi connectivity index (χ4v) is 2.50. The van der Waals surface area contributed by atoms with Crippen LogP contribution in [0.1, 0.15) is 43.1 Å². The summed E-state index contributed by atoms with van der Waals surface area (Å²) in [6.07, 6.45) is 0.771. The third-order valence-electron chi connectivity index (χ3n) is 4.05. The normalized spacial score (nSPS) is 12.8. The first-order valence-electron chi connectivity index (χ1n) is 8.30. The molecule has 0 bridgehead atoms. The summed E-state index contributed by atoms with van der Waals surface area (Å²) >= 11 is 0. The molecule has 2 aromatic rings. The monoisotopic (exact) mass is 358 g/mol. The summed E-state index contributed by atoms with van der Waals surface area (Å²) in [5.74, 6) is -0.479. The number of aliphatic hydroxyl groups excluding tert-OH is 2. The van der Waals surface area contributed by atoms with Gasteiger partial charge in [-0.05, 0) is 54.0 Å². The lowest BCUT2D eigenvalue weighted by molar-refractivity contribution is 0.178. The lowest BCUT2D eigenvalue weighted by Crippen LogP contribution is -1.98. The predicted octanol–water partition coefficient (Wildman–Crippen LogP) is 4.19. The Labute approximate surface area is 152 Å². The molecule has 5 heteroatoms. The maximum Gasteiger partial charge on any atom is 0.165 e. The number of hydrogen-bond acceptors (Lipinski definition) is 4. The van der Waals surface area contributed by atoms with Crippen molar-refractivity contribution in [3.05, 3.63) is 76.8 Å². The van der Waals surface area contributed by atoms with Gasteiger partial charge >= 0.3 is 0 Å². The molecule has 2 aromatic carbocycles. The number of halogens is 1. The number of phenolic OH excluding ortho intramolecular Hbond substituents is 1.